The lowest BCUT2D eigenvalue weighted by Gasteiger charge is -2.39. The number of hydrogen-bond donors (Lipinski definition) is 1. The van der Waals surface area contributed by atoms with Crippen molar-refractivity contribution in [3.63, 3.8) is 0 Å². The quantitative estimate of drug-likeness (QED) is 0.519. The van der Waals surface area contributed by atoms with E-state index in [0.717, 1.165) is 31.0 Å². The molecule has 1 N–H and O–H groups in total. The molecular formula is C27H38FN5OS. The first-order valence-corrected chi connectivity index (χ1v) is 14.1. The van der Waals surface area contributed by atoms with Gasteiger partial charge in [-0.25, -0.2) is 4.39 Å². The predicted octanol–water partition coefficient (Wildman–Crippen LogP) is 5.38. The number of piperidine rings is 1. The largest absolute Gasteiger partial charge is 0.352 e. The fourth-order valence-electron chi connectivity index (χ4n) is 6.74. The fourth-order valence-corrected chi connectivity index (χ4v) is 7.51. The molecule has 1 aliphatic heterocycles. The molecule has 6 nitrogen and oxygen atoms in total. The third-order valence-electron chi connectivity index (χ3n) is 9.52. The van der Waals surface area contributed by atoms with Gasteiger partial charge < -0.3 is 5.32 Å². The third kappa shape index (κ3) is 4.41. The highest BCUT2D eigenvalue weighted by Crippen LogP contribution is 2.65. The molecule has 2 heterocycles. The van der Waals surface area contributed by atoms with Crippen LogP contribution in [0.1, 0.15) is 78.1 Å². The van der Waals surface area contributed by atoms with Gasteiger partial charge in [0.05, 0.1) is 11.8 Å². The maximum atomic E-state index is 13.7. The highest BCUT2D eigenvalue weighted by Gasteiger charge is 2.61. The number of carbonyl (C=O) groups excluding carboxylic acids is 1. The molecule has 2 bridgehead atoms. The van der Waals surface area contributed by atoms with E-state index in [1.807, 2.05) is 4.57 Å². The van der Waals surface area contributed by atoms with Crippen molar-refractivity contribution in [2.24, 2.45) is 16.7 Å². The average Bonchev–Trinajstić information content (AvgIpc) is 3.43. The van der Waals surface area contributed by atoms with E-state index in [-0.39, 0.29) is 40.4 Å². The summed E-state index contributed by atoms with van der Waals surface area (Å²) in [5.41, 5.74) is 1.24. The third-order valence-corrected chi connectivity index (χ3v) is 10.4. The van der Waals surface area contributed by atoms with Crippen molar-refractivity contribution in [1.29, 1.82) is 0 Å². The van der Waals surface area contributed by atoms with Crippen LogP contribution < -0.4 is 5.32 Å². The molecule has 35 heavy (non-hydrogen) atoms. The van der Waals surface area contributed by atoms with Crippen LogP contribution in [0.5, 0.6) is 0 Å². The molecule has 3 fully saturated rings. The lowest BCUT2D eigenvalue weighted by atomic mass is 9.69. The molecule has 0 spiro atoms. The molecule has 1 aromatic heterocycles. The SMILES string of the molecule is C[C@H](c1nnc(SCC(=O)N[C@@H]2C[C@H]3CC[C@@]2(C)C3(C)C)n1-c1ccc(F)cc1)N1CCCCC1. The summed E-state index contributed by atoms with van der Waals surface area (Å²) in [6, 6.07) is 6.76. The Morgan fingerprint density at radius 1 is 1.17 bits per heavy atom. The first kappa shape index (κ1) is 24.8. The van der Waals surface area contributed by atoms with Crippen LogP contribution >= 0.6 is 11.8 Å². The second-order valence-corrected chi connectivity index (χ2v) is 12.4. The second-order valence-electron chi connectivity index (χ2n) is 11.4. The summed E-state index contributed by atoms with van der Waals surface area (Å²) < 4.78 is 15.7. The van der Waals surface area contributed by atoms with Crippen LogP contribution in [0.3, 0.4) is 0 Å². The first-order valence-electron chi connectivity index (χ1n) is 13.1. The van der Waals surface area contributed by atoms with Gasteiger partial charge >= 0.3 is 0 Å². The molecule has 8 heteroatoms. The van der Waals surface area contributed by atoms with Crippen molar-refractivity contribution in [2.75, 3.05) is 18.8 Å². The summed E-state index contributed by atoms with van der Waals surface area (Å²) in [5.74, 6) is 1.58. The van der Waals surface area contributed by atoms with Crippen molar-refractivity contribution in [3.05, 3.63) is 35.9 Å². The molecule has 5 rings (SSSR count). The van der Waals surface area contributed by atoms with Crippen LogP contribution in [0.15, 0.2) is 29.4 Å². The maximum Gasteiger partial charge on any atom is 0.230 e. The van der Waals surface area contributed by atoms with Crippen molar-refractivity contribution < 1.29 is 9.18 Å². The molecule has 0 unspecified atom stereocenters. The van der Waals surface area contributed by atoms with Gasteiger partial charge in [0, 0.05) is 11.7 Å². The number of nitrogens with zero attached hydrogens (tertiary/aromatic N) is 4. The Kier molecular flexibility index (Phi) is 6.72. The number of halogens is 1. The van der Waals surface area contributed by atoms with E-state index in [4.69, 9.17) is 0 Å². The molecule has 2 saturated carbocycles. The molecule has 0 radical (unpaired) electrons. The highest BCUT2D eigenvalue weighted by molar-refractivity contribution is 7.99. The van der Waals surface area contributed by atoms with Gasteiger partial charge in [-0.05, 0) is 93.1 Å². The number of aromatic nitrogens is 3. The van der Waals surface area contributed by atoms with Gasteiger partial charge in [-0.3, -0.25) is 14.3 Å². The number of likely N-dealkylation sites (tertiary alicyclic amines) is 1. The molecule has 1 aromatic carbocycles. The Balaban J connectivity index is 1.32. The molecule has 3 aliphatic rings. The number of hydrogen-bond acceptors (Lipinski definition) is 5. The molecule has 2 aromatic rings. The van der Waals surface area contributed by atoms with Crippen molar-refractivity contribution in [2.45, 2.75) is 83.5 Å². The van der Waals surface area contributed by atoms with Gasteiger partial charge in [0.2, 0.25) is 5.91 Å². The number of nitrogens with one attached hydrogen (secondary N) is 1. The Morgan fingerprint density at radius 3 is 2.51 bits per heavy atom. The molecule has 190 valence electrons. The van der Waals surface area contributed by atoms with Crippen LogP contribution in [0.2, 0.25) is 0 Å². The van der Waals surface area contributed by atoms with Crippen LogP contribution in [-0.2, 0) is 4.79 Å². The van der Waals surface area contributed by atoms with Gasteiger partial charge in [-0.2, -0.15) is 0 Å². The summed E-state index contributed by atoms with van der Waals surface area (Å²) in [5, 5.41) is 13.1. The number of thioether (sulfide) groups is 1. The Bertz CT molecular complexity index is 1060. The summed E-state index contributed by atoms with van der Waals surface area (Å²) in [6.45, 7) is 11.3. The Morgan fingerprint density at radius 2 is 1.89 bits per heavy atom. The van der Waals surface area contributed by atoms with Gasteiger partial charge in [-0.15, -0.1) is 10.2 Å². The van der Waals surface area contributed by atoms with Crippen molar-refractivity contribution >= 4 is 17.7 Å². The smallest absolute Gasteiger partial charge is 0.230 e. The zero-order valence-corrected chi connectivity index (χ0v) is 22.2. The first-order chi connectivity index (χ1) is 16.7. The lowest BCUT2D eigenvalue weighted by molar-refractivity contribution is -0.120. The lowest BCUT2D eigenvalue weighted by Crippen LogP contribution is -2.47. The predicted molar refractivity (Wildman–Crippen MR) is 137 cm³/mol. The van der Waals surface area contributed by atoms with Gasteiger partial charge in [0.15, 0.2) is 11.0 Å². The number of amides is 1. The number of benzene rings is 1. The zero-order chi connectivity index (χ0) is 24.8. The van der Waals surface area contributed by atoms with Crippen LogP contribution in [0.4, 0.5) is 4.39 Å². The summed E-state index contributed by atoms with van der Waals surface area (Å²) in [7, 11) is 0. The number of rotatable bonds is 7. The van der Waals surface area contributed by atoms with Crippen LogP contribution in [0, 0.1) is 22.6 Å². The van der Waals surface area contributed by atoms with Crippen molar-refractivity contribution in [1.82, 2.24) is 25.0 Å². The van der Waals surface area contributed by atoms with Gasteiger partial charge in [-0.1, -0.05) is 39.0 Å². The second kappa shape index (κ2) is 9.51. The zero-order valence-electron chi connectivity index (χ0n) is 21.4. The highest BCUT2D eigenvalue weighted by atomic mass is 32.2. The number of fused-ring (bicyclic) bond motifs is 2. The van der Waals surface area contributed by atoms with E-state index < -0.39 is 0 Å². The Hall–Kier alpha value is -1.93. The molecule has 1 amide bonds. The van der Waals surface area contributed by atoms with E-state index in [1.54, 1.807) is 12.1 Å². The normalized spacial score (nSPS) is 28.8. The minimum absolute atomic E-state index is 0.0452. The van der Waals surface area contributed by atoms with Crippen LogP contribution in [0.25, 0.3) is 5.69 Å². The van der Waals surface area contributed by atoms with Gasteiger partial charge in [0.25, 0.3) is 0 Å². The monoisotopic (exact) mass is 499 g/mol. The van der Waals surface area contributed by atoms with E-state index in [0.29, 0.717) is 11.1 Å². The average molecular weight is 500 g/mol. The number of carbonyl (C=O) groups is 1. The molecular weight excluding hydrogens is 461 g/mol. The minimum atomic E-state index is -0.275. The van der Waals surface area contributed by atoms with E-state index in [1.165, 1.54) is 56.0 Å². The van der Waals surface area contributed by atoms with E-state index in [2.05, 4.69) is 48.1 Å². The summed E-state index contributed by atoms with van der Waals surface area (Å²) in [6.07, 6.45) is 7.16. The Labute approximate surface area is 212 Å². The van der Waals surface area contributed by atoms with E-state index >= 15 is 0 Å². The topological polar surface area (TPSA) is 63.1 Å². The minimum Gasteiger partial charge on any atom is -0.352 e. The molecule has 1 saturated heterocycles. The summed E-state index contributed by atoms with van der Waals surface area (Å²) in [4.78, 5) is 15.5. The van der Waals surface area contributed by atoms with Gasteiger partial charge in [0.1, 0.15) is 5.82 Å². The maximum absolute atomic E-state index is 13.7. The fraction of sp³-hybridized carbons (Fsp3) is 0.667. The molecule has 4 atom stereocenters. The van der Waals surface area contributed by atoms with Crippen molar-refractivity contribution in [3.8, 4) is 5.69 Å². The van der Waals surface area contributed by atoms with Crippen LogP contribution in [-0.4, -0.2) is 50.5 Å². The summed E-state index contributed by atoms with van der Waals surface area (Å²) >= 11 is 1.41. The van der Waals surface area contributed by atoms with E-state index in [9.17, 15) is 9.18 Å². The standard InChI is InChI=1S/C27H38FN5OS/c1-18(32-14-6-5-7-15-32)24-30-31-25(33(24)21-10-8-20(28)9-11-21)35-17-23(34)29-22-16-19-12-13-27(22,4)26(19,2)3/h8-11,18-19,22H,5-7,12-17H2,1-4H3,(H,29,34)/t18-,19-,22-,27-/m1/s1. The molecule has 2 aliphatic carbocycles.